The van der Waals surface area contributed by atoms with Crippen LogP contribution in [0.5, 0.6) is 0 Å². The maximum atomic E-state index is 12.4. The third-order valence-corrected chi connectivity index (χ3v) is 6.98. The number of likely N-dealkylation sites (N-methyl/N-ethyl adjacent to an activating group) is 1. The quantitative estimate of drug-likeness (QED) is 0.601. The molecule has 0 aromatic carbocycles. The van der Waals surface area contributed by atoms with Gasteiger partial charge < -0.3 is 24.6 Å². The van der Waals surface area contributed by atoms with Crippen molar-refractivity contribution in [1.82, 2.24) is 25.0 Å². The van der Waals surface area contributed by atoms with Gasteiger partial charge in [-0.2, -0.15) is 0 Å². The van der Waals surface area contributed by atoms with Crippen LogP contribution < -0.4 is 5.32 Å². The van der Waals surface area contributed by atoms with Gasteiger partial charge in [0.25, 0.3) is 5.91 Å². The monoisotopic (exact) mass is 448 g/mol. The lowest BCUT2D eigenvalue weighted by Crippen LogP contribution is -2.35. The Bertz CT molecular complexity index is 1220. The first kappa shape index (κ1) is 20.3. The fourth-order valence-electron chi connectivity index (χ4n) is 4.73. The summed E-state index contributed by atoms with van der Waals surface area (Å²) < 4.78 is 10.9. The maximum absolute atomic E-state index is 12.4. The van der Waals surface area contributed by atoms with E-state index in [2.05, 4.69) is 25.4 Å². The summed E-state index contributed by atoms with van der Waals surface area (Å²) >= 11 is 0. The number of aromatic nitrogens is 4. The summed E-state index contributed by atoms with van der Waals surface area (Å²) in [6.07, 6.45) is 4.12. The van der Waals surface area contributed by atoms with Crippen LogP contribution in [-0.4, -0.2) is 68.9 Å². The Morgan fingerprint density at radius 2 is 1.97 bits per heavy atom. The Kier molecular flexibility index (Phi) is 4.49. The molecule has 10 heteroatoms. The van der Waals surface area contributed by atoms with E-state index in [4.69, 9.17) is 9.26 Å². The van der Waals surface area contributed by atoms with Crippen molar-refractivity contribution in [2.75, 3.05) is 32.1 Å². The number of ether oxygens (including phenoxy) is 1. The van der Waals surface area contributed by atoms with Gasteiger partial charge in [-0.15, -0.1) is 0 Å². The molecular formula is C23H24N6O4. The molecule has 2 unspecified atom stereocenters. The van der Waals surface area contributed by atoms with Gasteiger partial charge in [0.1, 0.15) is 5.69 Å². The Labute approximate surface area is 190 Å². The van der Waals surface area contributed by atoms with E-state index in [0.29, 0.717) is 41.3 Å². The lowest BCUT2D eigenvalue weighted by atomic mass is 9.98. The van der Waals surface area contributed by atoms with Crippen LogP contribution in [0.1, 0.15) is 25.0 Å². The fraction of sp³-hybridized carbons (Fsp3) is 0.435. The standard InChI is InChI=1S/C23H24N6O4/c1-29-9-6-23(31,20(29)30)19-11-17(28-33-19)15-4-2-3-14(25-15)16-5-8-24-21(26-16)27-18-12-22(18)7-10-32-13-22/h2-5,8,11,18,31H,6-7,9-10,12-13H2,1H3,(H,24,26,27)/t18?,22?,23-/m1/s1. The number of carbonyl (C=O) groups excluding carboxylic acids is 1. The third kappa shape index (κ3) is 3.37. The molecule has 3 aromatic heterocycles. The second kappa shape index (κ2) is 7.32. The molecule has 6 rings (SSSR count). The zero-order valence-corrected chi connectivity index (χ0v) is 18.2. The van der Waals surface area contributed by atoms with E-state index < -0.39 is 11.5 Å². The highest BCUT2D eigenvalue weighted by Crippen LogP contribution is 2.53. The van der Waals surface area contributed by atoms with Crippen LogP contribution in [0.25, 0.3) is 22.8 Å². The molecule has 3 atom stereocenters. The minimum Gasteiger partial charge on any atom is -0.381 e. The van der Waals surface area contributed by atoms with Gasteiger partial charge in [0.15, 0.2) is 5.76 Å². The first-order chi connectivity index (χ1) is 16.0. The topological polar surface area (TPSA) is 126 Å². The van der Waals surface area contributed by atoms with Crippen molar-refractivity contribution in [2.24, 2.45) is 5.41 Å². The van der Waals surface area contributed by atoms with Crippen LogP contribution in [0.15, 0.2) is 41.1 Å². The highest BCUT2D eigenvalue weighted by atomic mass is 16.5. The average Bonchev–Trinajstić information content (AvgIpc) is 3.23. The molecule has 33 heavy (non-hydrogen) atoms. The largest absolute Gasteiger partial charge is 0.381 e. The fourth-order valence-corrected chi connectivity index (χ4v) is 4.73. The molecule has 1 saturated carbocycles. The number of hydrogen-bond donors (Lipinski definition) is 2. The zero-order chi connectivity index (χ0) is 22.6. The second-order valence-corrected chi connectivity index (χ2v) is 9.15. The first-order valence-electron chi connectivity index (χ1n) is 11.1. The van der Waals surface area contributed by atoms with E-state index >= 15 is 0 Å². The van der Waals surface area contributed by atoms with Gasteiger partial charge in [-0.3, -0.25) is 4.79 Å². The lowest BCUT2D eigenvalue weighted by molar-refractivity contribution is -0.144. The van der Waals surface area contributed by atoms with Gasteiger partial charge in [0.2, 0.25) is 11.5 Å². The number of aliphatic hydroxyl groups is 1. The Hall–Kier alpha value is -3.37. The van der Waals surface area contributed by atoms with Crippen molar-refractivity contribution >= 4 is 11.9 Å². The molecule has 0 radical (unpaired) electrons. The molecule has 170 valence electrons. The normalized spacial score (nSPS) is 28.6. The maximum Gasteiger partial charge on any atom is 0.262 e. The molecular weight excluding hydrogens is 424 g/mol. The molecule has 1 amide bonds. The highest BCUT2D eigenvalue weighted by Gasteiger charge is 2.56. The molecule has 5 heterocycles. The smallest absolute Gasteiger partial charge is 0.262 e. The summed E-state index contributed by atoms with van der Waals surface area (Å²) in [6, 6.07) is 9.24. The number of rotatable bonds is 5. The summed E-state index contributed by atoms with van der Waals surface area (Å²) in [5, 5.41) is 18.3. The summed E-state index contributed by atoms with van der Waals surface area (Å²) in [6.45, 7) is 2.07. The van der Waals surface area contributed by atoms with Crippen molar-refractivity contribution in [2.45, 2.75) is 30.9 Å². The van der Waals surface area contributed by atoms with Gasteiger partial charge >= 0.3 is 0 Å². The second-order valence-electron chi connectivity index (χ2n) is 9.15. The third-order valence-electron chi connectivity index (χ3n) is 6.98. The highest BCUT2D eigenvalue weighted by molar-refractivity contribution is 5.87. The van der Waals surface area contributed by atoms with E-state index in [1.807, 2.05) is 18.2 Å². The minimum absolute atomic E-state index is 0.127. The Morgan fingerprint density at radius 3 is 2.73 bits per heavy atom. The average molecular weight is 448 g/mol. The SMILES string of the molecule is CN1CC[C@@](O)(c2cc(-c3cccc(-c4ccnc(NC5CC56CCOC6)n4)n3)no2)C1=O. The minimum atomic E-state index is -1.69. The number of nitrogens with zero attached hydrogens (tertiary/aromatic N) is 5. The van der Waals surface area contributed by atoms with Crippen molar-refractivity contribution in [3.05, 3.63) is 42.3 Å². The van der Waals surface area contributed by atoms with Gasteiger partial charge in [-0.25, -0.2) is 15.0 Å². The summed E-state index contributed by atoms with van der Waals surface area (Å²) in [5.41, 5.74) is 0.893. The summed E-state index contributed by atoms with van der Waals surface area (Å²) in [4.78, 5) is 27.5. The molecule has 3 aliphatic rings. The van der Waals surface area contributed by atoms with Crippen LogP contribution in [0.2, 0.25) is 0 Å². The van der Waals surface area contributed by atoms with E-state index in [1.165, 1.54) is 4.90 Å². The van der Waals surface area contributed by atoms with Crippen molar-refractivity contribution in [3.63, 3.8) is 0 Å². The van der Waals surface area contributed by atoms with Gasteiger partial charge in [0.05, 0.1) is 23.7 Å². The number of pyridine rings is 1. The van der Waals surface area contributed by atoms with Crippen LogP contribution in [0.4, 0.5) is 5.95 Å². The lowest BCUT2D eigenvalue weighted by Gasteiger charge is -2.16. The molecule has 1 aliphatic carbocycles. The summed E-state index contributed by atoms with van der Waals surface area (Å²) in [7, 11) is 1.65. The molecule has 10 nitrogen and oxygen atoms in total. The number of hydrogen-bond acceptors (Lipinski definition) is 9. The van der Waals surface area contributed by atoms with Gasteiger partial charge in [0, 0.05) is 50.3 Å². The Morgan fingerprint density at radius 1 is 1.15 bits per heavy atom. The van der Waals surface area contributed by atoms with Crippen LogP contribution >= 0.6 is 0 Å². The summed E-state index contributed by atoms with van der Waals surface area (Å²) in [5.74, 6) is 0.305. The first-order valence-corrected chi connectivity index (χ1v) is 11.1. The van der Waals surface area contributed by atoms with Gasteiger partial charge in [-0.05, 0) is 31.0 Å². The van der Waals surface area contributed by atoms with E-state index in [0.717, 1.165) is 26.1 Å². The number of amides is 1. The van der Waals surface area contributed by atoms with Crippen molar-refractivity contribution < 1.29 is 19.2 Å². The molecule has 2 saturated heterocycles. The predicted octanol–water partition coefficient (Wildman–Crippen LogP) is 1.83. The molecule has 3 fully saturated rings. The number of nitrogens with one attached hydrogen (secondary N) is 1. The van der Waals surface area contributed by atoms with Gasteiger partial charge in [-0.1, -0.05) is 11.2 Å². The Balaban J connectivity index is 1.23. The van der Waals surface area contributed by atoms with Crippen LogP contribution in [-0.2, 0) is 15.1 Å². The van der Waals surface area contributed by atoms with E-state index in [1.54, 1.807) is 25.4 Å². The van der Waals surface area contributed by atoms with Crippen LogP contribution in [0, 0.1) is 5.41 Å². The molecule has 2 N–H and O–H groups in total. The number of carbonyl (C=O) groups is 1. The number of likely N-dealkylation sites (tertiary alicyclic amines) is 1. The zero-order valence-electron chi connectivity index (χ0n) is 18.2. The molecule has 3 aromatic rings. The van der Waals surface area contributed by atoms with Crippen molar-refractivity contribution in [3.8, 4) is 22.8 Å². The predicted molar refractivity (Wildman–Crippen MR) is 117 cm³/mol. The molecule has 1 spiro atoms. The van der Waals surface area contributed by atoms with E-state index in [-0.39, 0.29) is 17.6 Å². The van der Waals surface area contributed by atoms with Crippen LogP contribution in [0.3, 0.4) is 0 Å². The molecule has 0 bridgehead atoms. The van der Waals surface area contributed by atoms with E-state index in [9.17, 15) is 9.90 Å². The van der Waals surface area contributed by atoms with Crippen molar-refractivity contribution in [1.29, 1.82) is 0 Å². The number of anilines is 1. The molecule has 2 aliphatic heterocycles.